The quantitative estimate of drug-likeness (QED) is 0.795. The molecule has 1 aromatic rings. The van der Waals surface area contributed by atoms with Crippen molar-refractivity contribution in [2.24, 2.45) is 5.92 Å². The first-order chi connectivity index (χ1) is 12.0. The van der Waals surface area contributed by atoms with Crippen molar-refractivity contribution < 1.29 is 19.4 Å². The number of aliphatic hydroxyl groups excluding tert-OH is 1. The normalized spacial score (nSPS) is 16.2. The molecule has 1 aromatic carbocycles. The number of methoxy groups -OCH3 is 1. The van der Waals surface area contributed by atoms with Gasteiger partial charge in [-0.25, -0.2) is 0 Å². The van der Waals surface area contributed by atoms with E-state index in [1.165, 1.54) is 6.08 Å². The van der Waals surface area contributed by atoms with E-state index in [9.17, 15) is 14.7 Å². The van der Waals surface area contributed by atoms with Gasteiger partial charge in [0, 0.05) is 26.1 Å². The third-order valence-corrected chi connectivity index (χ3v) is 4.82. The standard InChI is InChI=1S/C19H26N2O4/c1-4-18(23)21-11-9-15(10-12-21)19(24)20(2)17(13-22)14-5-7-16(25-3)8-6-14/h4-8,15,17,22H,1,9-13H2,2-3H3. The van der Waals surface area contributed by atoms with Crippen LogP contribution in [0.4, 0.5) is 0 Å². The van der Waals surface area contributed by atoms with Crippen molar-refractivity contribution in [3.8, 4) is 5.75 Å². The van der Waals surface area contributed by atoms with Crippen LogP contribution >= 0.6 is 0 Å². The van der Waals surface area contributed by atoms with Gasteiger partial charge in [-0.05, 0) is 36.6 Å². The smallest absolute Gasteiger partial charge is 0.245 e. The molecule has 1 unspecified atom stereocenters. The first-order valence-corrected chi connectivity index (χ1v) is 8.44. The maximum absolute atomic E-state index is 12.8. The number of piperidine rings is 1. The van der Waals surface area contributed by atoms with E-state index in [0.717, 1.165) is 11.3 Å². The number of aliphatic hydroxyl groups is 1. The number of likely N-dealkylation sites (N-methyl/N-ethyl adjacent to an activating group) is 1. The number of amides is 2. The molecule has 0 aliphatic carbocycles. The Balaban J connectivity index is 2.02. The fraction of sp³-hybridized carbons (Fsp3) is 0.474. The van der Waals surface area contributed by atoms with Gasteiger partial charge in [0.05, 0.1) is 19.8 Å². The predicted molar refractivity (Wildman–Crippen MR) is 95.1 cm³/mol. The van der Waals surface area contributed by atoms with Crippen LogP contribution < -0.4 is 4.74 Å². The van der Waals surface area contributed by atoms with Crippen molar-refractivity contribution in [3.05, 3.63) is 42.5 Å². The second-order valence-corrected chi connectivity index (χ2v) is 6.22. The van der Waals surface area contributed by atoms with Crippen molar-refractivity contribution in [2.45, 2.75) is 18.9 Å². The fourth-order valence-electron chi connectivity index (χ4n) is 3.20. The molecule has 1 aliphatic rings. The molecule has 1 atom stereocenters. The summed E-state index contributed by atoms with van der Waals surface area (Å²) in [6, 6.07) is 6.95. The summed E-state index contributed by atoms with van der Waals surface area (Å²) in [7, 11) is 3.31. The minimum Gasteiger partial charge on any atom is -0.497 e. The van der Waals surface area contributed by atoms with Crippen LogP contribution in [0.5, 0.6) is 5.75 Å². The zero-order valence-electron chi connectivity index (χ0n) is 14.9. The average molecular weight is 346 g/mol. The van der Waals surface area contributed by atoms with E-state index in [1.807, 2.05) is 24.3 Å². The van der Waals surface area contributed by atoms with Crippen molar-refractivity contribution in [3.63, 3.8) is 0 Å². The molecule has 136 valence electrons. The van der Waals surface area contributed by atoms with E-state index < -0.39 is 6.04 Å². The highest BCUT2D eigenvalue weighted by atomic mass is 16.5. The summed E-state index contributed by atoms with van der Waals surface area (Å²) in [6.45, 7) is 4.46. The van der Waals surface area contributed by atoms with Gasteiger partial charge in [0.25, 0.3) is 0 Å². The molecule has 1 heterocycles. The lowest BCUT2D eigenvalue weighted by Gasteiger charge is -2.35. The molecule has 1 saturated heterocycles. The summed E-state index contributed by atoms with van der Waals surface area (Å²) in [6.07, 6.45) is 2.56. The molecule has 0 bridgehead atoms. The van der Waals surface area contributed by atoms with Gasteiger partial charge in [0.1, 0.15) is 5.75 Å². The topological polar surface area (TPSA) is 70.1 Å². The summed E-state index contributed by atoms with van der Waals surface area (Å²) >= 11 is 0. The van der Waals surface area contributed by atoms with Gasteiger partial charge in [-0.3, -0.25) is 9.59 Å². The third-order valence-electron chi connectivity index (χ3n) is 4.82. The summed E-state index contributed by atoms with van der Waals surface area (Å²) in [5, 5.41) is 9.78. The number of hydrogen-bond acceptors (Lipinski definition) is 4. The van der Waals surface area contributed by atoms with E-state index in [1.54, 1.807) is 24.0 Å². The van der Waals surface area contributed by atoms with Crippen molar-refractivity contribution in [1.82, 2.24) is 9.80 Å². The highest BCUT2D eigenvalue weighted by Crippen LogP contribution is 2.26. The van der Waals surface area contributed by atoms with Gasteiger partial charge in [-0.1, -0.05) is 18.7 Å². The molecule has 1 N–H and O–H groups in total. The van der Waals surface area contributed by atoms with Gasteiger partial charge in [0.2, 0.25) is 11.8 Å². The average Bonchev–Trinajstić information content (AvgIpc) is 2.67. The van der Waals surface area contributed by atoms with Gasteiger partial charge >= 0.3 is 0 Å². The number of ether oxygens (including phenoxy) is 1. The Hall–Kier alpha value is -2.34. The number of rotatable bonds is 6. The Morgan fingerprint density at radius 2 is 1.96 bits per heavy atom. The molecule has 2 rings (SSSR count). The van der Waals surface area contributed by atoms with E-state index in [2.05, 4.69) is 6.58 Å². The Morgan fingerprint density at radius 3 is 2.44 bits per heavy atom. The summed E-state index contributed by atoms with van der Waals surface area (Å²) < 4.78 is 5.14. The number of likely N-dealkylation sites (tertiary alicyclic amines) is 1. The first-order valence-electron chi connectivity index (χ1n) is 8.44. The number of benzene rings is 1. The molecule has 0 spiro atoms. The zero-order valence-corrected chi connectivity index (χ0v) is 14.9. The number of hydrogen-bond donors (Lipinski definition) is 1. The molecule has 25 heavy (non-hydrogen) atoms. The maximum atomic E-state index is 12.8. The van der Waals surface area contributed by atoms with Crippen LogP contribution in [0.15, 0.2) is 36.9 Å². The van der Waals surface area contributed by atoms with Crippen molar-refractivity contribution in [1.29, 1.82) is 0 Å². The van der Waals surface area contributed by atoms with Crippen LogP contribution in [-0.4, -0.2) is 60.6 Å². The maximum Gasteiger partial charge on any atom is 0.245 e. The van der Waals surface area contributed by atoms with E-state index in [-0.39, 0.29) is 24.3 Å². The third kappa shape index (κ3) is 4.39. The van der Waals surface area contributed by atoms with Crippen LogP contribution in [-0.2, 0) is 9.59 Å². The molecule has 0 saturated carbocycles. The molecule has 1 fully saturated rings. The summed E-state index contributed by atoms with van der Waals surface area (Å²) in [5.74, 6) is 0.506. The summed E-state index contributed by atoms with van der Waals surface area (Å²) in [5.41, 5.74) is 0.860. The number of carbonyl (C=O) groups is 2. The Bertz CT molecular complexity index is 606. The number of carbonyl (C=O) groups excluding carboxylic acids is 2. The lowest BCUT2D eigenvalue weighted by Crippen LogP contribution is -2.44. The molecular weight excluding hydrogens is 320 g/mol. The molecule has 0 radical (unpaired) electrons. The van der Waals surface area contributed by atoms with E-state index in [0.29, 0.717) is 25.9 Å². The monoisotopic (exact) mass is 346 g/mol. The molecule has 6 heteroatoms. The largest absolute Gasteiger partial charge is 0.497 e. The first kappa shape index (κ1) is 19.0. The van der Waals surface area contributed by atoms with Gasteiger partial charge in [-0.15, -0.1) is 0 Å². The lowest BCUT2D eigenvalue weighted by molar-refractivity contribution is -0.140. The predicted octanol–water partition coefficient (Wildman–Crippen LogP) is 1.61. The highest BCUT2D eigenvalue weighted by Gasteiger charge is 2.31. The van der Waals surface area contributed by atoms with Gasteiger partial charge in [0.15, 0.2) is 0 Å². The lowest BCUT2D eigenvalue weighted by atomic mass is 9.94. The molecular formula is C19H26N2O4. The van der Waals surface area contributed by atoms with Crippen LogP contribution in [0.25, 0.3) is 0 Å². The fourth-order valence-corrected chi connectivity index (χ4v) is 3.20. The molecule has 1 aliphatic heterocycles. The van der Waals surface area contributed by atoms with Crippen molar-refractivity contribution >= 4 is 11.8 Å². The number of nitrogens with zero attached hydrogens (tertiary/aromatic N) is 2. The second kappa shape index (κ2) is 8.67. The molecule has 2 amide bonds. The van der Waals surface area contributed by atoms with Crippen LogP contribution in [0.3, 0.4) is 0 Å². The zero-order chi connectivity index (χ0) is 18.4. The van der Waals surface area contributed by atoms with E-state index in [4.69, 9.17) is 4.74 Å². The Labute approximate surface area is 148 Å². The summed E-state index contributed by atoms with van der Waals surface area (Å²) in [4.78, 5) is 27.8. The molecule has 6 nitrogen and oxygen atoms in total. The highest BCUT2D eigenvalue weighted by molar-refractivity contribution is 5.87. The van der Waals surface area contributed by atoms with Crippen LogP contribution in [0.1, 0.15) is 24.4 Å². The Kier molecular flexibility index (Phi) is 6.58. The van der Waals surface area contributed by atoms with Gasteiger partial charge in [-0.2, -0.15) is 0 Å². The van der Waals surface area contributed by atoms with Crippen LogP contribution in [0.2, 0.25) is 0 Å². The van der Waals surface area contributed by atoms with Crippen molar-refractivity contribution in [2.75, 3.05) is 33.9 Å². The molecule has 0 aromatic heterocycles. The SMILES string of the molecule is C=CC(=O)N1CCC(C(=O)N(C)C(CO)c2ccc(OC)cc2)CC1. The minimum absolute atomic E-state index is 0.000528. The van der Waals surface area contributed by atoms with Crippen LogP contribution in [0, 0.1) is 5.92 Å². The minimum atomic E-state index is -0.397. The Morgan fingerprint density at radius 1 is 1.36 bits per heavy atom. The van der Waals surface area contributed by atoms with Gasteiger partial charge < -0.3 is 19.6 Å². The van der Waals surface area contributed by atoms with E-state index >= 15 is 0 Å². The second-order valence-electron chi connectivity index (χ2n) is 6.22.